The van der Waals surface area contributed by atoms with E-state index in [1.807, 2.05) is 0 Å². The molecular formula is C2H11NaO7S2. The van der Waals surface area contributed by atoms with E-state index in [1.165, 1.54) is 0 Å². The molecule has 0 aromatic rings. The molecule has 0 fully saturated rings. The first kappa shape index (κ1) is 23.0. The van der Waals surface area contributed by atoms with Gasteiger partial charge in [0.1, 0.15) is 0 Å². The van der Waals surface area contributed by atoms with E-state index in [2.05, 4.69) is 0 Å². The predicted octanol–water partition coefficient (Wildman–Crippen LogP) is -1.16. The van der Waals surface area contributed by atoms with Crippen LogP contribution in [0.1, 0.15) is 7.43 Å². The molecular weight excluding hydrogens is 223 g/mol. The van der Waals surface area contributed by atoms with Crippen LogP contribution in [-0.2, 0) is 20.5 Å². The molecule has 0 aromatic heterocycles. The quantitative estimate of drug-likeness (QED) is 0.356. The van der Waals surface area contributed by atoms with Gasteiger partial charge in [-0.2, -0.15) is 16.8 Å². The molecule has 0 aromatic carbocycles. The summed E-state index contributed by atoms with van der Waals surface area (Å²) in [5.41, 5.74) is 0. The topological polar surface area (TPSA) is 129 Å². The van der Waals surface area contributed by atoms with Crippen LogP contribution in [0, 0.1) is 0 Å². The summed E-state index contributed by atoms with van der Waals surface area (Å²) in [6.45, 7) is 0. The molecule has 0 amide bonds. The van der Waals surface area contributed by atoms with Crippen LogP contribution in [-0.4, -0.2) is 66.3 Å². The number of hydrogen-bond donors (Lipinski definition) is 3. The summed E-state index contributed by atoms with van der Waals surface area (Å²) in [7, 11) is -8.33. The van der Waals surface area contributed by atoms with Crippen molar-refractivity contribution in [3.05, 3.63) is 0 Å². The zero-order chi connectivity index (χ0) is 9.00. The normalized spacial score (nSPS) is 9.67. The van der Waals surface area contributed by atoms with Crippen LogP contribution in [0.25, 0.3) is 0 Å². The second-order valence-corrected chi connectivity index (χ2v) is 3.54. The molecule has 0 aliphatic heterocycles. The zero-order valence-corrected chi connectivity index (χ0v) is 6.42. The van der Waals surface area contributed by atoms with Gasteiger partial charge in [0, 0.05) is 0 Å². The monoisotopic (exact) mass is 234 g/mol. The third kappa shape index (κ3) is 1690. The third-order valence-electron chi connectivity index (χ3n) is 0. The van der Waals surface area contributed by atoms with Crippen LogP contribution in [0.2, 0.25) is 0 Å². The first-order valence-electron chi connectivity index (χ1n) is 1.62. The van der Waals surface area contributed by atoms with Gasteiger partial charge < -0.3 is 0 Å². The molecule has 0 spiro atoms. The van der Waals surface area contributed by atoms with Gasteiger partial charge in [0.05, 0.1) is 6.26 Å². The van der Waals surface area contributed by atoms with Crippen LogP contribution in [0.4, 0.5) is 0 Å². The standard InChI is InChI=1S/CH4O3S.CH4.Na.H2O4S.H/c1-5(2,3)4;;;1-5(2,3)4;/h1H3,(H,2,3,4);1H4;;(H2,1,2,3,4);. The Bertz CT molecular complexity index is 216. The van der Waals surface area contributed by atoms with Crippen molar-refractivity contribution in [2.24, 2.45) is 0 Å². The fourth-order valence-electron chi connectivity index (χ4n) is 0. The molecule has 0 bridgehead atoms. The van der Waals surface area contributed by atoms with Gasteiger partial charge in [-0.15, -0.1) is 0 Å². The second-order valence-electron chi connectivity index (χ2n) is 1.18. The van der Waals surface area contributed by atoms with Crippen LogP contribution >= 0.6 is 0 Å². The second kappa shape index (κ2) is 8.38. The van der Waals surface area contributed by atoms with E-state index in [0.717, 1.165) is 0 Å². The van der Waals surface area contributed by atoms with E-state index in [1.54, 1.807) is 0 Å². The van der Waals surface area contributed by atoms with Gasteiger partial charge in [-0.25, -0.2) is 0 Å². The molecule has 3 N–H and O–H groups in total. The van der Waals surface area contributed by atoms with Crippen molar-refractivity contribution in [3.8, 4) is 0 Å². The Morgan fingerprint density at radius 2 is 0.917 bits per heavy atom. The van der Waals surface area contributed by atoms with E-state index >= 15 is 0 Å². The molecule has 0 saturated carbocycles. The number of hydrogen-bond acceptors (Lipinski definition) is 4. The Labute approximate surface area is 93.8 Å². The molecule has 7 nitrogen and oxygen atoms in total. The van der Waals surface area contributed by atoms with Crippen LogP contribution < -0.4 is 0 Å². The molecule has 10 heteroatoms. The molecule has 0 saturated heterocycles. The summed E-state index contributed by atoms with van der Waals surface area (Å²) in [5, 5.41) is 0. The first-order chi connectivity index (χ1) is 4.00. The summed E-state index contributed by atoms with van der Waals surface area (Å²) >= 11 is 0. The van der Waals surface area contributed by atoms with Crippen molar-refractivity contribution in [2.45, 2.75) is 7.43 Å². The van der Waals surface area contributed by atoms with Crippen molar-refractivity contribution in [3.63, 3.8) is 0 Å². The van der Waals surface area contributed by atoms with Crippen molar-refractivity contribution >= 4 is 50.1 Å². The minimum atomic E-state index is -4.67. The summed E-state index contributed by atoms with van der Waals surface area (Å²) in [4.78, 5) is 0. The van der Waals surface area contributed by atoms with Gasteiger partial charge in [-0.05, 0) is 0 Å². The SMILES string of the molecule is C.CS(=O)(=O)O.O=S(=O)(O)O.[NaH]. The van der Waals surface area contributed by atoms with Gasteiger partial charge in [-0.1, -0.05) is 7.43 Å². The molecule has 0 heterocycles. The van der Waals surface area contributed by atoms with Crippen LogP contribution in [0.3, 0.4) is 0 Å². The van der Waals surface area contributed by atoms with Gasteiger partial charge in [0.25, 0.3) is 10.1 Å². The molecule has 0 unspecified atom stereocenters. The van der Waals surface area contributed by atoms with E-state index in [0.29, 0.717) is 6.26 Å². The number of rotatable bonds is 0. The first-order valence-corrected chi connectivity index (χ1v) is 4.87. The summed E-state index contributed by atoms with van der Waals surface area (Å²) in [6.07, 6.45) is 0.715. The Morgan fingerprint density at radius 1 is 0.917 bits per heavy atom. The third-order valence-corrected chi connectivity index (χ3v) is 0. The average Bonchev–Trinajstić information content (AvgIpc) is 1.12. The fourth-order valence-corrected chi connectivity index (χ4v) is 0. The van der Waals surface area contributed by atoms with E-state index in [9.17, 15) is 8.42 Å². The minimum absolute atomic E-state index is 0. The Hall–Kier alpha value is 0.780. The van der Waals surface area contributed by atoms with Gasteiger partial charge in [0.2, 0.25) is 0 Å². The van der Waals surface area contributed by atoms with Gasteiger partial charge in [0.15, 0.2) is 0 Å². The summed E-state index contributed by atoms with van der Waals surface area (Å²) in [6, 6.07) is 0. The van der Waals surface area contributed by atoms with Crippen molar-refractivity contribution in [1.29, 1.82) is 0 Å². The van der Waals surface area contributed by atoms with Crippen molar-refractivity contribution in [2.75, 3.05) is 6.26 Å². The molecule has 74 valence electrons. The molecule has 0 radical (unpaired) electrons. The maximum absolute atomic E-state index is 9.19. The van der Waals surface area contributed by atoms with E-state index in [-0.39, 0.29) is 37.0 Å². The van der Waals surface area contributed by atoms with Crippen molar-refractivity contribution < 1.29 is 30.5 Å². The summed E-state index contributed by atoms with van der Waals surface area (Å²) in [5.74, 6) is 0. The van der Waals surface area contributed by atoms with Crippen LogP contribution in [0.5, 0.6) is 0 Å². The van der Waals surface area contributed by atoms with Crippen molar-refractivity contribution in [1.82, 2.24) is 0 Å². The zero-order valence-electron chi connectivity index (χ0n) is 4.79. The molecule has 0 atom stereocenters. The van der Waals surface area contributed by atoms with E-state index in [4.69, 9.17) is 22.1 Å². The Balaban J connectivity index is -0.0000000457. The average molecular weight is 234 g/mol. The molecule has 0 aliphatic rings. The molecule has 0 rings (SSSR count). The predicted molar refractivity (Wildman–Crippen MR) is 45.5 cm³/mol. The summed E-state index contributed by atoms with van der Waals surface area (Å²) < 4.78 is 57.5. The Morgan fingerprint density at radius 3 is 0.917 bits per heavy atom. The Kier molecular flexibility index (Phi) is 16.1. The maximum atomic E-state index is 9.19. The molecule has 0 aliphatic carbocycles. The van der Waals surface area contributed by atoms with Crippen LogP contribution in [0.15, 0.2) is 0 Å². The van der Waals surface area contributed by atoms with Gasteiger partial charge >= 0.3 is 40.0 Å². The van der Waals surface area contributed by atoms with Gasteiger partial charge in [-0.3, -0.25) is 13.7 Å². The molecule has 12 heavy (non-hydrogen) atoms. The van der Waals surface area contributed by atoms with E-state index < -0.39 is 20.5 Å². The fraction of sp³-hybridized carbons (Fsp3) is 1.00.